The van der Waals surface area contributed by atoms with Crippen molar-refractivity contribution in [2.75, 3.05) is 26.2 Å². The third kappa shape index (κ3) is 3.18. The van der Waals surface area contributed by atoms with Crippen molar-refractivity contribution in [3.63, 3.8) is 0 Å². The van der Waals surface area contributed by atoms with Crippen molar-refractivity contribution < 1.29 is 4.79 Å². The lowest BCUT2D eigenvalue weighted by Crippen LogP contribution is -2.41. The van der Waals surface area contributed by atoms with Crippen LogP contribution in [0, 0.1) is 5.92 Å². The fourth-order valence-electron chi connectivity index (χ4n) is 3.01. The maximum Gasteiger partial charge on any atom is 0.225 e. The third-order valence-electron chi connectivity index (χ3n) is 4.51. The molecule has 0 N–H and O–H groups in total. The molecule has 1 aliphatic heterocycles. The zero-order valence-corrected chi connectivity index (χ0v) is 12.0. The summed E-state index contributed by atoms with van der Waals surface area (Å²) in [5.41, 5.74) is 1.30. The van der Waals surface area contributed by atoms with Crippen LogP contribution in [0.2, 0.25) is 0 Å². The van der Waals surface area contributed by atoms with Crippen LogP contribution in [-0.4, -0.2) is 46.9 Å². The zero-order chi connectivity index (χ0) is 13.8. The quantitative estimate of drug-likeness (QED) is 0.844. The van der Waals surface area contributed by atoms with Gasteiger partial charge in [0.15, 0.2) is 0 Å². The van der Waals surface area contributed by atoms with Crippen LogP contribution in [0.3, 0.4) is 0 Å². The number of hydrogen-bond donors (Lipinski definition) is 0. The molecule has 1 amide bonds. The molecule has 0 spiro atoms. The van der Waals surface area contributed by atoms with E-state index in [0.717, 1.165) is 52.0 Å². The van der Waals surface area contributed by atoms with Gasteiger partial charge in [-0.2, -0.15) is 0 Å². The Kier molecular flexibility index (Phi) is 4.31. The predicted octanol–water partition coefficient (Wildman–Crippen LogP) is 1.92. The van der Waals surface area contributed by atoms with E-state index in [4.69, 9.17) is 0 Å². The van der Waals surface area contributed by atoms with E-state index >= 15 is 0 Å². The van der Waals surface area contributed by atoms with Crippen molar-refractivity contribution >= 4 is 5.91 Å². The van der Waals surface area contributed by atoms with Crippen LogP contribution >= 0.6 is 0 Å². The highest BCUT2D eigenvalue weighted by Gasteiger charge is 2.30. The molecule has 0 aromatic carbocycles. The minimum atomic E-state index is 0.335. The SMILES string of the molecule is O=C(C1CCC1)N1CCCN(Cc2ccncc2)CC1. The first-order chi connectivity index (χ1) is 9.83. The molecule has 4 nitrogen and oxygen atoms in total. The molecule has 0 bridgehead atoms. The fraction of sp³-hybridized carbons (Fsp3) is 0.625. The summed E-state index contributed by atoms with van der Waals surface area (Å²) in [6.45, 7) is 4.86. The second kappa shape index (κ2) is 6.35. The number of hydrogen-bond acceptors (Lipinski definition) is 3. The van der Waals surface area contributed by atoms with Gasteiger partial charge in [-0.15, -0.1) is 0 Å². The van der Waals surface area contributed by atoms with Crippen LogP contribution < -0.4 is 0 Å². The summed E-state index contributed by atoms with van der Waals surface area (Å²) < 4.78 is 0. The molecule has 1 saturated carbocycles. The zero-order valence-electron chi connectivity index (χ0n) is 12.0. The molecule has 0 radical (unpaired) electrons. The highest BCUT2D eigenvalue weighted by Crippen LogP contribution is 2.28. The molecule has 4 heteroatoms. The minimum Gasteiger partial charge on any atom is -0.341 e. The molecule has 1 aromatic heterocycles. The molecule has 20 heavy (non-hydrogen) atoms. The second-order valence-electron chi connectivity index (χ2n) is 5.94. The Balaban J connectivity index is 1.52. The predicted molar refractivity (Wildman–Crippen MR) is 78.1 cm³/mol. The first kappa shape index (κ1) is 13.6. The topological polar surface area (TPSA) is 36.4 Å². The molecule has 2 fully saturated rings. The molecule has 108 valence electrons. The number of pyridine rings is 1. The van der Waals surface area contributed by atoms with Crippen molar-refractivity contribution in [2.24, 2.45) is 5.92 Å². The van der Waals surface area contributed by atoms with E-state index in [1.165, 1.54) is 12.0 Å². The average molecular weight is 273 g/mol. The van der Waals surface area contributed by atoms with E-state index in [0.29, 0.717) is 11.8 Å². The van der Waals surface area contributed by atoms with E-state index < -0.39 is 0 Å². The minimum absolute atomic E-state index is 0.335. The molecule has 1 aromatic rings. The first-order valence-corrected chi connectivity index (χ1v) is 7.73. The normalized spacial score (nSPS) is 21.3. The van der Waals surface area contributed by atoms with Gasteiger partial charge in [-0.1, -0.05) is 6.42 Å². The van der Waals surface area contributed by atoms with E-state index in [2.05, 4.69) is 26.9 Å². The highest BCUT2D eigenvalue weighted by atomic mass is 16.2. The summed E-state index contributed by atoms with van der Waals surface area (Å²) in [6.07, 6.45) is 8.23. The second-order valence-corrected chi connectivity index (χ2v) is 5.94. The van der Waals surface area contributed by atoms with Gasteiger partial charge in [-0.05, 0) is 37.0 Å². The summed E-state index contributed by atoms with van der Waals surface area (Å²) in [6, 6.07) is 4.14. The first-order valence-electron chi connectivity index (χ1n) is 7.73. The van der Waals surface area contributed by atoms with Crippen LogP contribution in [-0.2, 0) is 11.3 Å². The molecule has 0 unspecified atom stereocenters. The van der Waals surface area contributed by atoms with Gasteiger partial charge in [0.05, 0.1) is 0 Å². The largest absolute Gasteiger partial charge is 0.341 e. The van der Waals surface area contributed by atoms with Gasteiger partial charge in [0.25, 0.3) is 0 Å². The summed E-state index contributed by atoms with van der Waals surface area (Å²) in [7, 11) is 0. The van der Waals surface area contributed by atoms with Crippen LogP contribution in [0.25, 0.3) is 0 Å². The number of carbonyl (C=O) groups excluding carboxylic acids is 1. The molecule has 0 atom stereocenters. The van der Waals surface area contributed by atoms with Crippen molar-refractivity contribution in [2.45, 2.75) is 32.2 Å². The Morgan fingerprint density at radius 2 is 1.90 bits per heavy atom. The summed E-state index contributed by atoms with van der Waals surface area (Å²) in [5.74, 6) is 0.740. The smallest absolute Gasteiger partial charge is 0.225 e. The monoisotopic (exact) mass is 273 g/mol. The number of carbonyl (C=O) groups is 1. The Labute approximate surface area is 120 Å². The van der Waals surface area contributed by atoms with Crippen molar-refractivity contribution in [3.8, 4) is 0 Å². The van der Waals surface area contributed by atoms with Crippen molar-refractivity contribution in [1.82, 2.24) is 14.8 Å². The molecular weight excluding hydrogens is 250 g/mol. The molecule has 2 heterocycles. The molecule has 1 saturated heterocycles. The summed E-state index contributed by atoms with van der Waals surface area (Å²) in [4.78, 5) is 20.9. The number of nitrogens with zero attached hydrogens (tertiary/aromatic N) is 3. The maximum atomic E-state index is 12.3. The van der Waals surface area contributed by atoms with E-state index in [-0.39, 0.29) is 0 Å². The lowest BCUT2D eigenvalue weighted by molar-refractivity contribution is -0.138. The number of rotatable bonds is 3. The van der Waals surface area contributed by atoms with E-state index in [1.807, 2.05) is 12.4 Å². The number of amides is 1. The van der Waals surface area contributed by atoms with Crippen LogP contribution in [0.1, 0.15) is 31.2 Å². The molecule has 3 rings (SSSR count). The third-order valence-corrected chi connectivity index (χ3v) is 4.51. The Morgan fingerprint density at radius 1 is 1.10 bits per heavy atom. The van der Waals surface area contributed by atoms with Crippen LogP contribution in [0.4, 0.5) is 0 Å². The van der Waals surface area contributed by atoms with Gasteiger partial charge >= 0.3 is 0 Å². The Hall–Kier alpha value is -1.42. The van der Waals surface area contributed by atoms with Gasteiger partial charge in [0.1, 0.15) is 0 Å². The Morgan fingerprint density at radius 3 is 2.60 bits per heavy atom. The van der Waals surface area contributed by atoms with Crippen LogP contribution in [0.15, 0.2) is 24.5 Å². The van der Waals surface area contributed by atoms with E-state index in [1.54, 1.807) is 0 Å². The lowest BCUT2D eigenvalue weighted by Gasteiger charge is -2.31. The van der Waals surface area contributed by atoms with Gasteiger partial charge in [0, 0.05) is 51.0 Å². The average Bonchev–Trinajstić information content (AvgIpc) is 2.63. The highest BCUT2D eigenvalue weighted by molar-refractivity contribution is 5.79. The molecule has 1 aliphatic carbocycles. The fourth-order valence-corrected chi connectivity index (χ4v) is 3.01. The van der Waals surface area contributed by atoms with Gasteiger partial charge in [-0.3, -0.25) is 14.7 Å². The summed E-state index contributed by atoms with van der Waals surface area (Å²) in [5, 5.41) is 0. The van der Waals surface area contributed by atoms with Crippen molar-refractivity contribution in [3.05, 3.63) is 30.1 Å². The van der Waals surface area contributed by atoms with Gasteiger partial charge in [-0.25, -0.2) is 0 Å². The maximum absolute atomic E-state index is 12.3. The van der Waals surface area contributed by atoms with Gasteiger partial charge in [0.2, 0.25) is 5.91 Å². The standard InChI is InChI=1S/C16H23N3O/c20-16(15-3-1-4-15)19-10-2-9-18(11-12-19)13-14-5-7-17-8-6-14/h5-8,15H,1-4,9-13H2. The van der Waals surface area contributed by atoms with Gasteiger partial charge < -0.3 is 4.90 Å². The van der Waals surface area contributed by atoms with E-state index in [9.17, 15) is 4.79 Å². The summed E-state index contributed by atoms with van der Waals surface area (Å²) >= 11 is 0. The lowest BCUT2D eigenvalue weighted by atomic mass is 9.84. The van der Waals surface area contributed by atoms with Crippen molar-refractivity contribution in [1.29, 1.82) is 0 Å². The molecular formula is C16H23N3O. The molecule has 2 aliphatic rings. The number of aromatic nitrogens is 1. The Bertz CT molecular complexity index is 444. The van der Waals surface area contributed by atoms with Crippen LogP contribution in [0.5, 0.6) is 0 Å².